The first-order valence-electron chi connectivity index (χ1n) is 14.4. The van der Waals surface area contributed by atoms with Gasteiger partial charge in [-0.15, -0.1) is 0 Å². The Kier molecular flexibility index (Phi) is 8.45. The second-order valence-corrected chi connectivity index (χ2v) is 12.7. The highest BCUT2D eigenvalue weighted by Crippen LogP contribution is 2.44. The van der Waals surface area contributed by atoms with Crippen LogP contribution >= 0.6 is 0 Å². The third kappa shape index (κ3) is 6.12. The predicted molar refractivity (Wildman–Crippen MR) is 139 cm³/mol. The minimum atomic E-state index is -0.467. The lowest BCUT2D eigenvalue weighted by Crippen LogP contribution is -2.64. The molecule has 4 aliphatic rings. The van der Waals surface area contributed by atoms with Crippen molar-refractivity contribution in [2.75, 3.05) is 45.9 Å². The van der Waals surface area contributed by atoms with Gasteiger partial charge in [0, 0.05) is 76.3 Å². The molecule has 1 spiro atoms. The van der Waals surface area contributed by atoms with Crippen LogP contribution in [0.5, 0.6) is 0 Å². The number of hydrogen-bond donors (Lipinski definition) is 0. The Labute approximate surface area is 218 Å². The van der Waals surface area contributed by atoms with Gasteiger partial charge in [0.25, 0.3) is 0 Å². The van der Waals surface area contributed by atoms with E-state index in [0.717, 1.165) is 97.3 Å². The molecule has 4 saturated heterocycles. The number of amides is 2. The summed E-state index contributed by atoms with van der Waals surface area (Å²) in [6, 6.07) is 0.252. The molecule has 0 radical (unpaired) electrons. The van der Waals surface area contributed by atoms with Crippen molar-refractivity contribution in [3.8, 4) is 0 Å². The Balaban J connectivity index is 1.36. The predicted octanol–water partition coefficient (Wildman–Crippen LogP) is 5.05. The van der Waals surface area contributed by atoms with Gasteiger partial charge in [0.15, 0.2) is 0 Å². The summed E-state index contributed by atoms with van der Waals surface area (Å²) in [5.74, 6) is 0.391. The Hall–Kier alpha value is -1.54. The van der Waals surface area contributed by atoms with E-state index in [2.05, 4.69) is 18.7 Å². The molecular formula is C28H49N3O5. The summed E-state index contributed by atoms with van der Waals surface area (Å²) in [6.07, 6.45) is 8.65. The molecule has 4 aliphatic heterocycles. The highest BCUT2D eigenvalue weighted by molar-refractivity contribution is 5.70. The minimum Gasteiger partial charge on any atom is -0.444 e. The molecule has 0 N–H and O–H groups in total. The number of rotatable bonds is 5. The zero-order chi connectivity index (χ0) is 26.0. The molecule has 206 valence electrons. The van der Waals surface area contributed by atoms with Crippen LogP contribution in [-0.2, 0) is 14.2 Å². The lowest BCUT2D eigenvalue weighted by molar-refractivity contribution is -0.141. The molecule has 0 unspecified atom stereocenters. The number of likely N-dealkylation sites (tertiary alicyclic amines) is 2. The lowest BCUT2D eigenvalue weighted by atomic mass is 9.74. The Morgan fingerprint density at radius 3 is 2.28 bits per heavy atom. The first-order chi connectivity index (χ1) is 17.1. The van der Waals surface area contributed by atoms with Crippen LogP contribution in [0, 0.1) is 5.92 Å². The zero-order valence-corrected chi connectivity index (χ0v) is 23.4. The average Bonchev–Trinajstić information content (AvgIpc) is 2.84. The van der Waals surface area contributed by atoms with Gasteiger partial charge in [0.05, 0.1) is 0 Å². The molecule has 0 aromatic rings. The number of carbonyl (C=O) groups excluding carboxylic acids is 2. The minimum absolute atomic E-state index is 0.0614. The number of piperidine rings is 2. The zero-order valence-electron chi connectivity index (χ0n) is 23.4. The monoisotopic (exact) mass is 507 g/mol. The molecule has 1 atom stereocenters. The topological polar surface area (TPSA) is 71.5 Å². The van der Waals surface area contributed by atoms with Crippen molar-refractivity contribution in [2.24, 2.45) is 5.92 Å². The molecule has 8 nitrogen and oxygen atoms in total. The maximum Gasteiger partial charge on any atom is 0.410 e. The van der Waals surface area contributed by atoms with Crippen LogP contribution in [0.2, 0.25) is 0 Å². The normalized spacial score (nSPS) is 27.7. The summed E-state index contributed by atoms with van der Waals surface area (Å²) in [5.41, 5.74) is -0.741. The van der Waals surface area contributed by atoms with Gasteiger partial charge >= 0.3 is 12.2 Å². The average molecular weight is 508 g/mol. The molecule has 0 aromatic heterocycles. The summed E-state index contributed by atoms with van der Waals surface area (Å²) in [7, 11) is 0. The summed E-state index contributed by atoms with van der Waals surface area (Å²) >= 11 is 0. The fraction of sp³-hybridized carbons (Fsp3) is 0.929. The Bertz CT molecular complexity index is 760. The number of nitrogens with zero attached hydrogens (tertiary/aromatic N) is 3. The maximum atomic E-state index is 13.2. The summed E-state index contributed by atoms with van der Waals surface area (Å²) < 4.78 is 17.5. The van der Waals surface area contributed by atoms with Gasteiger partial charge in [-0.3, -0.25) is 4.90 Å². The van der Waals surface area contributed by atoms with Crippen molar-refractivity contribution in [1.82, 2.24) is 14.7 Å². The molecule has 36 heavy (non-hydrogen) atoms. The van der Waals surface area contributed by atoms with E-state index in [4.69, 9.17) is 14.2 Å². The third-order valence-corrected chi connectivity index (χ3v) is 9.09. The second kappa shape index (κ2) is 11.1. The fourth-order valence-corrected chi connectivity index (χ4v) is 6.64. The van der Waals surface area contributed by atoms with Crippen molar-refractivity contribution >= 4 is 12.2 Å². The highest BCUT2D eigenvalue weighted by Gasteiger charge is 2.52. The van der Waals surface area contributed by atoms with Crippen LogP contribution in [0.4, 0.5) is 9.59 Å². The largest absolute Gasteiger partial charge is 0.444 e. The van der Waals surface area contributed by atoms with Crippen molar-refractivity contribution < 1.29 is 23.8 Å². The van der Waals surface area contributed by atoms with Gasteiger partial charge in [-0.2, -0.15) is 0 Å². The first kappa shape index (κ1) is 27.5. The van der Waals surface area contributed by atoms with Crippen LogP contribution in [-0.4, -0.2) is 95.6 Å². The molecule has 4 heterocycles. The molecule has 0 aliphatic carbocycles. The Morgan fingerprint density at radius 1 is 1.06 bits per heavy atom. The van der Waals surface area contributed by atoms with Crippen molar-refractivity contribution in [3.63, 3.8) is 0 Å². The summed E-state index contributed by atoms with van der Waals surface area (Å²) in [5, 5.41) is 0. The number of carbonyl (C=O) groups is 2. The third-order valence-electron chi connectivity index (χ3n) is 9.09. The molecule has 4 fully saturated rings. The van der Waals surface area contributed by atoms with Gasteiger partial charge in [-0.05, 0) is 59.8 Å². The van der Waals surface area contributed by atoms with E-state index in [-0.39, 0.29) is 29.4 Å². The van der Waals surface area contributed by atoms with Crippen LogP contribution in [0.25, 0.3) is 0 Å². The van der Waals surface area contributed by atoms with Crippen LogP contribution in [0.15, 0.2) is 0 Å². The van der Waals surface area contributed by atoms with Crippen LogP contribution < -0.4 is 0 Å². The maximum absolute atomic E-state index is 13.2. The molecule has 0 aromatic carbocycles. The van der Waals surface area contributed by atoms with Crippen LogP contribution in [0.3, 0.4) is 0 Å². The number of unbranched alkanes of at least 4 members (excludes halogenated alkanes) is 1. The standard InChI is InChI=1S/C28H49N3O5/c1-6-7-8-22-21-31(23-9-19-34-20-10-23)25(33)36-28(22)13-17-30(18-14-28)27(5)11-15-29(16-12-27)24(32)35-26(2,3)4/h22-23H,6-21H2,1-5H3/t22-/m0/s1. The molecule has 8 heteroatoms. The van der Waals surface area contributed by atoms with Gasteiger partial charge in [0.2, 0.25) is 0 Å². The molecule has 0 saturated carbocycles. The second-order valence-electron chi connectivity index (χ2n) is 12.7. The molecule has 2 amide bonds. The highest BCUT2D eigenvalue weighted by atomic mass is 16.6. The summed E-state index contributed by atoms with van der Waals surface area (Å²) in [4.78, 5) is 32.2. The van der Waals surface area contributed by atoms with Crippen LogP contribution in [0.1, 0.15) is 92.4 Å². The lowest BCUT2D eigenvalue weighted by Gasteiger charge is -2.55. The van der Waals surface area contributed by atoms with E-state index in [0.29, 0.717) is 5.92 Å². The molecule has 4 rings (SSSR count). The Morgan fingerprint density at radius 2 is 1.69 bits per heavy atom. The van der Waals surface area contributed by atoms with E-state index < -0.39 is 5.60 Å². The van der Waals surface area contributed by atoms with E-state index >= 15 is 0 Å². The van der Waals surface area contributed by atoms with Gasteiger partial charge < -0.3 is 24.0 Å². The fourth-order valence-electron chi connectivity index (χ4n) is 6.64. The first-order valence-corrected chi connectivity index (χ1v) is 14.4. The van der Waals surface area contributed by atoms with Crippen molar-refractivity contribution in [2.45, 2.75) is 115 Å². The van der Waals surface area contributed by atoms with E-state index in [1.54, 1.807) is 0 Å². The SMILES string of the molecule is CCCC[C@H]1CN(C2CCOCC2)C(=O)OC12CCN(C1(C)CCN(C(=O)OC(C)(C)C)CC1)CC2. The molecular weight excluding hydrogens is 458 g/mol. The van der Waals surface area contributed by atoms with Crippen molar-refractivity contribution in [1.29, 1.82) is 0 Å². The smallest absolute Gasteiger partial charge is 0.410 e. The van der Waals surface area contributed by atoms with Gasteiger partial charge in [0.1, 0.15) is 11.2 Å². The molecule has 0 bridgehead atoms. The van der Waals surface area contributed by atoms with Crippen molar-refractivity contribution in [3.05, 3.63) is 0 Å². The van der Waals surface area contributed by atoms with Gasteiger partial charge in [-0.1, -0.05) is 19.8 Å². The quantitative estimate of drug-likeness (QED) is 0.519. The number of hydrogen-bond acceptors (Lipinski definition) is 6. The summed E-state index contributed by atoms with van der Waals surface area (Å²) in [6.45, 7) is 15.9. The number of ether oxygens (including phenoxy) is 3. The van der Waals surface area contributed by atoms with E-state index in [1.807, 2.05) is 30.6 Å². The van der Waals surface area contributed by atoms with Gasteiger partial charge in [-0.25, -0.2) is 9.59 Å². The van der Waals surface area contributed by atoms with E-state index in [1.165, 1.54) is 6.42 Å². The van der Waals surface area contributed by atoms with E-state index in [9.17, 15) is 9.59 Å².